The molecule has 0 aliphatic carbocycles. The molecule has 2 aromatic rings. The summed E-state index contributed by atoms with van der Waals surface area (Å²) in [6.45, 7) is 0. The lowest BCUT2D eigenvalue weighted by Crippen LogP contribution is -2.11. The van der Waals surface area contributed by atoms with Crippen LogP contribution in [0.5, 0.6) is 17.2 Å². The van der Waals surface area contributed by atoms with Crippen molar-refractivity contribution in [2.24, 2.45) is 0 Å². The van der Waals surface area contributed by atoms with Crippen LogP contribution < -0.4 is 14.2 Å². The predicted octanol–water partition coefficient (Wildman–Crippen LogP) is 2.85. The van der Waals surface area contributed by atoms with Gasteiger partial charge in [0.2, 0.25) is 0 Å². The molecule has 2 rings (SSSR count). The number of esters is 1. The van der Waals surface area contributed by atoms with Crippen LogP contribution in [-0.4, -0.2) is 20.2 Å². The van der Waals surface area contributed by atoms with Crippen LogP contribution in [0.2, 0.25) is 0 Å². The minimum absolute atomic E-state index is 0.196. The fourth-order valence-corrected chi connectivity index (χ4v) is 1.77. The van der Waals surface area contributed by atoms with Crippen LogP contribution in [0.1, 0.15) is 5.56 Å². The Kier molecular flexibility index (Phi) is 4.60. The summed E-state index contributed by atoms with van der Waals surface area (Å²) in [4.78, 5) is 11.9. The zero-order chi connectivity index (χ0) is 14.4. The van der Waals surface area contributed by atoms with E-state index in [9.17, 15) is 4.79 Å². The van der Waals surface area contributed by atoms with Crippen molar-refractivity contribution in [1.82, 2.24) is 0 Å². The van der Waals surface area contributed by atoms with Gasteiger partial charge in [0.25, 0.3) is 0 Å². The van der Waals surface area contributed by atoms with Gasteiger partial charge >= 0.3 is 5.97 Å². The minimum atomic E-state index is -0.334. The predicted molar refractivity (Wildman–Crippen MR) is 75.3 cm³/mol. The van der Waals surface area contributed by atoms with Crippen molar-refractivity contribution in [2.45, 2.75) is 6.42 Å². The van der Waals surface area contributed by atoms with E-state index >= 15 is 0 Å². The van der Waals surface area contributed by atoms with E-state index in [0.29, 0.717) is 11.5 Å². The Morgan fingerprint density at radius 1 is 0.900 bits per heavy atom. The van der Waals surface area contributed by atoms with Gasteiger partial charge in [-0.3, -0.25) is 4.79 Å². The summed E-state index contributed by atoms with van der Waals surface area (Å²) in [5.74, 6) is 1.38. The lowest BCUT2D eigenvalue weighted by atomic mass is 10.1. The first kappa shape index (κ1) is 13.9. The number of carbonyl (C=O) groups excluding carboxylic acids is 1. The van der Waals surface area contributed by atoms with Gasteiger partial charge in [-0.1, -0.05) is 24.3 Å². The van der Waals surface area contributed by atoms with Gasteiger partial charge < -0.3 is 14.2 Å². The molecule has 0 unspecified atom stereocenters. The standard InChI is InChI=1S/C16H16O4/c1-18-13-9-7-12(8-10-13)11-16(17)20-15-6-4-3-5-14(15)19-2/h3-10H,11H2,1-2H3. The summed E-state index contributed by atoms with van der Waals surface area (Å²) in [6, 6.07) is 14.3. The lowest BCUT2D eigenvalue weighted by molar-refractivity contribution is -0.133. The van der Waals surface area contributed by atoms with Gasteiger partial charge in [-0.2, -0.15) is 0 Å². The first-order valence-corrected chi connectivity index (χ1v) is 6.19. The number of carbonyl (C=O) groups is 1. The molecule has 4 nitrogen and oxygen atoms in total. The van der Waals surface area contributed by atoms with Gasteiger partial charge in [0.05, 0.1) is 20.6 Å². The number of ether oxygens (including phenoxy) is 3. The summed E-state index contributed by atoms with van der Waals surface area (Å²) in [5.41, 5.74) is 0.866. The topological polar surface area (TPSA) is 44.8 Å². The molecule has 0 aromatic heterocycles. The maximum Gasteiger partial charge on any atom is 0.315 e. The van der Waals surface area contributed by atoms with Gasteiger partial charge in [-0.15, -0.1) is 0 Å². The second-order valence-electron chi connectivity index (χ2n) is 4.15. The Labute approximate surface area is 117 Å². The molecule has 0 aliphatic rings. The van der Waals surface area contributed by atoms with Crippen molar-refractivity contribution < 1.29 is 19.0 Å². The van der Waals surface area contributed by atoms with E-state index in [1.165, 1.54) is 7.11 Å². The Morgan fingerprint density at radius 3 is 2.15 bits per heavy atom. The number of para-hydroxylation sites is 2. The molecular formula is C16H16O4. The molecular weight excluding hydrogens is 256 g/mol. The molecule has 0 spiro atoms. The normalized spacial score (nSPS) is 9.90. The van der Waals surface area contributed by atoms with Crippen molar-refractivity contribution in [2.75, 3.05) is 14.2 Å². The Bertz CT molecular complexity index is 575. The largest absolute Gasteiger partial charge is 0.497 e. The quantitative estimate of drug-likeness (QED) is 0.620. The zero-order valence-corrected chi connectivity index (χ0v) is 11.5. The Hall–Kier alpha value is -2.49. The highest BCUT2D eigenvalue weighted by molar-refractivity contribution is 5.76. The van der Waals surface area contributed by atoms with E-state index in [-0.39, 0.29) is 12.4 Å². The molecule has 0 bridgehead atoms. The molecule has 0 aliphatic heterocycles. The SMILES string of the molecule is COc1ccc(CC(=O)Oc2ccccc2OC)cc1. The van der Waals surface area contributed by atoms with E-state index in [1.807, 2.05) is 30.3 Å². The zero-order valence-electron chi connectivity index (χ0n) is 11.5. The molecule has 0 heterocycles. The fraction of sp³-hybridized carbons (Fsp3) is 0.188. The third-order valence-electron chi connectivity index (χ3n) is 2.80. The number of hydrogen-bond acceptors (Lipinski definition) is 4. The Morgan fingerprint density at radius 2 is 1.55 bits per heavy atom. The molecule has 0 atom stereocenters. The minimum Gasteiger partial charge on any atom is -0.497 e. The average molecular weight is 272 g/mol. The van der Waals surface area contributed by atoms with Crippen LogP contribution in [0.4, 0.5) is 0 Å². The highest BCUT2D eigenvalue weighted by Gasteiger charge is 2.10. The summed E-state index contributed by atoms with van der Waals surface area (Å²) in [7, 11) is 3.14. The number of rotatable bonds is 5. The number of benzene rings is 2. The second-order valence-corrected chi connectivity index (χ2v) is 4.15. The average Bonchev–Trinajstić information content (AvgIpc) is 2.48. The van der Waals surface area contributed by atoms with Gasteiger partial charge in [-0.05, 0) is 29.8 Å². The maximum atomic E-state index is 11.9. The van der Waals surface area contributed by atoms with Gasteiger partial charge in [0, 0.05) is 0 Å². The molecule has 0 amide bonds. The van der Waals surface area contributed by atoms with E-state index in [4.69, 9.17) is 14.2 Å². The molecule has 20 heavy (non-hydrogen) atoms. The number of hydrogen-bond donors (Lipinski definition) is 0. The molecule has 0 radical (unpaired) electrons. The van der Waals surface area contributed by atoms with E-state index in [2.05, 4.69) is 0 Å². The van der Waals surface area contributed by atoms with Gasteiger partial charge in [0.15, 0.2) is 11.5 Å². The third kappa shape index (κ3) is 3.51. The van der Waals surface area contributed by atoms with Crippen molar-refractivity contribution >= 4 is 5.97 Å². The molecule has 0 saturated carbocycles. The van der Waals surface area contributed by atoms with Crippen molar-refractivity contribution in [3.63, 3.8) is 0 Å². The molecule has 0 saturated heterocycles. The van der Waals surface area contributed by atoms with Crippen molar-refractivity contribution in [1.29, 1.82) is 0 Å². The van der Waals surface area contributed by atoms with E-state index in [0.717, 1.165) is 11.3 Å². The smallest absolute Gasteiger partial charge is 0.315 e. The molecule has 0 fully saturated rings. The number of methoxy groups -OCH3 is 2. The molecule has 4 heteroatoms. The van der Waals surface area contributed by atoms with Gasteiger partial charge in [0.1, 0.15) is 5.75 Å². The van der Waals surface area contributed by atoms with Crippen LogP contribution in [-0.2, 0) is 11.2 Å². The summed E-state index contributed by atoms with van der Waals surface area (Å²) >= 11 is 0. The summed E-state index contributed by atoms with van der Waals surface area (Å²) in [6.07, 6.45) is 0.196. The fourth-order valence-electron chi connectivity index (χ4n) is 1.77. The maximum absolute atomic E-state index is 11.9. The third-order valence-corrected chi connectivity index (χ3v) is 2.80. The van der Waals surface area contributed by atoms with Crippen molar-refractivity contribution in [3.8, 4) is 17.2 Å². The highest BCUT2D eigenvalue weighted by Crippen LogP contribution is 2.26. The monoisotopic (exact) mass is 272 g/mol. The lowest BCUT2D eigenvalue weighted by Gasteiger charge is -2.08. The first-order valence-electron chi connectivity index (χ1n) is 6.19. The van der Waals surface area contributed by atoms with Crippen LogP contribution in [0.3, 0.4) is 0 Å². The van der Waals surface area contributed by atoms with E-state index < -0.39 is 0 Å². The summed E-state index contributed by atoms with van der Waals surface area (Å²) in [5, 5.41) is 0. The van der Waals surface area contributed by atoms with Crippen LogP contribution in [0.15, 0.2) is 48.5 Å². The van der Waals surface area contributed by atoms with Crippen LogP contribution >= 0.6 is 0 Å². The Balaban J connectivity index is 2.01. The molecule has 0 N–H and O–H groups in total. The van der Waals surface area contributed by atoms with E-state index in [1.54, 1.807) is 25.3 Å². The van der Waals surface area contributed by atoms with Crippen molar-refractivity contribution in [3.05, 3.63) is 54.1 Å². The van der Waals surface area contributed by atoms with Gasteiger partial charge in [-0.25, -0.2) is 0 Å². The highest BCUT2D eigenvalue weighted by atomic mass is 16.6. The second kappa shape index (κ2) is 6.61. The molecule has 2 aromatic carbocycles. The van der Waals surface area contributed by atoms with Crippen LogP contribution in [0, 0.1) is 0 Å². The molecule has 104 valence electrons. The van der Waals surface area contributed by atoms with Crippen LogP contribution in [0.25, 0.3) is 0 Å². The summed E-state index contributed by atoms with van der Waals surface area (Å²) < 4.78 is 15.5. The first-order chi connectivity index (χ1) is 9.72.